The molecule has 0 aliphatic carbocycles. The van der Waals surface area contributed by atoms with Crippen LogP contribution in [0.5, 0.6) is 0 Å². The lowest BCUT2D eigenvalue weighted by molar-refractivity contribution is -0.137. The molecule has 1 heterocycles. The molecule has 0 radical (unpaired) electrons. The Balaban J connectivity index is 2.91. The highest BCUT2D eigenvalue weighted by molar-refractivity contribution is 5.76. The molecule has 5 nitrogen and oxygen atoms in total. The fraction of sp³-hybridized carbons (Fsp3) is 0.300. The Morgan fingerprint density at radius 2 is 2.33 bits per heavy atom. The highest BCUT2D eigenvalue weighted by atomic mass is 16.4. The summed E-state index contributed by atoms with van der Waals surface area (Å²) in [4.78, 5) is 14.6. The number of nitrogens with one attached hydrogen (secondary N) is 1. The van der Waals surface area contributed by atoms with Gasteiger partial charge < -0.3 is 10.4 Å². The van der Waals surface area contributed by atoms with Crippen LogP contribution in [0, 0.1) is 18.3 Å². The van der Waals surface area contributed by atoms with E-state index in [1.807, 2.05) is 6.07 Å². The van der Waals surface area contributed by atoms with Crippen molar-refractivity contribution >= 4 is 11.7 Å². The zero-order valence-corrected chi connectivity index (χ0v) is 8.48. The Morgan fingerprint density at radius 3 is 2.87 bits per heavy atom. The van der Waals surface area contributed by atoms with Crippen LogP contribution < -0.4 is 5.32 Å². The van der Waals surface area contributed by atoms with E-state index < -0.39 is 12.0 Å². The number of aryl methyl sites for hydroxylation is 1. The molecule has 1 rings (SSSR count). The number of pyridine rings is 1. The lowest BCUT2D eigenvalue weighted by Crippen LogP contribution is -2.25. The SMILES string of the molecule is Cc1cc(N[C@@H](C)C(=O)O)cc(C#N)n1. The first-order valence-corrected chi connectivity index (χ1v) is 4.41. The minimum atomic E-state index is -0.942. The number of carboxylic acid groups (broad SMARTS) is 1. The Bertz CT molecular complexity index is 423. The number of anilines is 1. The fourth-order valence-electron chi connectivity index (χ4n) is 1.12. The predicted molar refractivity (Wildman–Crippen MR) is 54.4 cm³/mol. The lowest BCUT2D eigenvalue weighted by Gasteiger charge is -2.11. The largest absolute Gasteiger partial charge is 0.480 e. The van der Waals surface area contributed by atoms with Gasteiger partial charge in [-0.2, -0.15) is 5.26 Å². The first kappa shape index (κ1) is 11.0. The van der Waals surface area contributed by atoms with Crippen LogP contribution in [0.25, 0.3) is 0 Å². The summed E-state index contributed by atoms with van der Waals surface area (Å²) in [6, 6.07) is 4.43. The summed E-state index contributed by atoms with van der Waals surface area (Å²) in [5.74, 6) is -0.942. The monoisotopic (exact) mass is 205 g/mol. The van der Waals surface area contributed by atoms with E-state index in [2.05, 4.69) is 10.3 Å². The highest BCUT2D eigenvalue weighted by Crippen LogP contribution is 2.11. The molecule has 78 valence electrons. The summed E-state index contributed by atoms with van der Waals surface area (Å²) < 4.78 is 0. The summed E-state index contributed by atoms with van der Waals surface area (Å²) in [6.45, 7) is 3.28. The van der Waals surface area contributed by atoms with Crippen LogP contribution in [0.3, 0.4) is 0 Å². The molecule has 1 atom stereocenters. The average molecular weight is 205 g/mol. The molecule has 0 saturated heterocycles. The number of aromatic nitrogens is 1. The minimum absolute atomic E-state index is 0.273. The van der Waals surface area contributed by atoms with Crippen molar-refractivity contribution in [3.05, 3.63) is 23.5 Å². The Kier molecular flexibility index (Phi) is 3.24. The number of carbonyl (C=O) groups is 1. The van der Waals surface area contributed by atoms with Crippen LogP contribution in [0.4, 0.5) is 5.69 Å². The van der Waals surface area contributed by atoms with Gasteiger partial charge in [0, 0.05) is 11.4 Å². The maximum Gasteiger partial charge on any atom is 0.325 e. The molecular weight excluding hydrogens is 194 g/mol. The molecule has 15 heavy (non-hydrogen) atoms. The van der Waals surface area contributed by atoms with Crippen LogP contribution in [0.15, 0.2) is 12.1 Å². The molecule has 0 aromatic carbocycles. The number of hydrogen-bond acceptors (Lipinski definition) is 4. The van der Waals surface area contributed by atoms with Crippen molar-refractivity contribution in [1.82, 2.24) is 4.98 Å². The number of carboxylic acids is 1. The second-order valence-corrected chi connectivity index (χ2v) is 3.20. The first-order valence-electron chi connectivity index (χ1n) is 4.41. The molecule has 0 unspecified atom stereocenters. The predicted octanol–water partition coefficient (Wildman–Crippen LogP) is 1.15. The Hall–Kier alpha value is -2.09. The summed E-state index contributed by atoms with van der Waals surface area (Å²) >= 11 is 0. The van der Waals surface area contributed by atoms with Crippen molar-refractivity contribution in [1.29, 1.82) is 5.26 Å². The number of aliphatic carboxylic acids is 1. The standard InChI is InChI=1S/C10H11N3O2/c1-6-3-8(4-9(5-11)12-6)13-7(2)10(14)15/h3-4,7H,1-2H3,(H,12,13)(H,14,15)/t7-/m0/s1. The van der Waals surface area contributed by atoms with E-state index in [9.17, 15) is 4.79 Å². The smallest absolute Gasteiger partial charge is 0.325 e. The molecule has 0 aliphatic heterocycles. The molecule has 0 spiro atoms. The topological polar surface area (TPSA) is 86.0 Å². The molecule has 1 aromatic rings. The van der Waals surface area contributed by atoms with Crippen LogP contribution in [0.1, 0.15) is 18.3 Å². The minimum Gasteiger partial charge on any atom is -0.480 e. The Morgan fingerprint density at radius 1 is 1.67 bits per heavy atom. The second kappa shape index (κ2) is 4.42. The van der Waals surface area contributed by atoms with E-state index in [4.69, 9.17) is 10.4 Å². The van der Waals surface area contributed by atoms with E-state index in [1.54, 1.807) is 13.0 Å². The molecule has 0 amide bonds. The van der Waals surface area contributed by atoms with E-state index in [1.165, 1.54) is 13.0 Å². The van der Waals surface area contributed by atoms with Gasteiger partial charge in [-0.15, -0.1) is 0 Å². The van der Waals surface area contributed by atoms with Gasteiger partial charge >= 0.3 is 5.97 Å². The second-order valence-electron chi connectivity index (χ2n) is 3.20. The summed E-state index contributed by atoms with van der Waals surface area (Å²) in [5.41, 5.74) is 1.54. The van der Waals surface area contributed by atoms with Crippen molar-refractivity contribution < 1.29 is 9.90 Å². The molecule has 0 bridgehead atoms. The lowest BCUT2D eigenvalue weighted by atomic mass is 10.2. The first-order chi connectivity index (χ1) is 7.02. The summed E-state index contributed by atoms with van der Waals surface area (Å²) in [7, 11) is 0. The third kappa shape index (κ3) is 2.95. The highest BCUT2D eigenvalue weighted by Gasteiger charge is 2.10. The van der Waals surface area contributed by atoms with Crippen molar-refractivity contribution in [2.45, 2.75) is 19.9 Å². The molecule has 0 fully saturated rings. The van der Waals surface area contributed by atoms with Crippen molar-refractivity contribution in [2.75, 3.05) is 5.32 Å². The number of nitrogens with zero attached hydrogens (tertiary/aromatic N) is 2. The maximum absolute atomic E-state index is 10.6. The van der Waals surface area contributed by atoms with Crippen molar-refractivity contribution in [2.24, 2.45) is 0 Å². The van der Waals surface area contributed by atoms with Gasteiger partial charge in [0.2, 0.25) is 0 Å². The molecule has 0 aliphatic rings. The zero-order chi connectivity index (χ0) is 11.4. The Labute approximate surface area is 87.4 Å². The third-order valence-electron chi connectivity index (χ3n) is 1.82. The quantitative estimate of drug-likeness (QED) is 0.772. The van der Waals surface area contributed by atoms with E-state index in [-0.39, 0.29) is 5.69 Å². The van der Waals surface area contributed by atoms with Gasteiger partial charge in [-0.1, -0.05) is 0 Å². The summed E-state index contributed by atoms with van der Waals surface area (Å²) in [5, 5.41) is 20.1. The van der Waals surface area contributed by atoms with Crippen LogP contribution >= 0.6 is 0 Å². The van der Waals surface area contributed by atoms with E-state index in [0.717, 1.165) is 0 Å². The van der Waals surface area contributed by atoms with Gasteiger partial charge in [-0.05, 0) is 26.0 Å². The fourth-order valence-corrected chi connectivity index (χ4v) is 1.12. The number of rotatable bonds is 3. The van der Waals surface area contributed by atoms with Crippen LogP contribution in [-0.4, -0.2) is 22.1 Å². The van der Waals surface area contributed by atoms with Crippen LogP contribution in [-0.2, 0) is 4.79 Å². The van der Waals surface area contributed by atoms with E-state index >= 15 is 0 Å². The third-order valence-corrected chi connectivity index (χ3v) is 1.82. The van der Waals surface area contributed by atoms with Gasteiger partial charge in [-0.3, -0.25) is 4.79 Å². The van der Waals surface area contributed by atoms with Crippen LogP contribution in [0.2, 0.25) is 0 Å². The van der Waals surface area contributed by atoms with Gasteiger partial charge in [0.25, 0.3) is 0 Å². The van der Waals surface area contributed by atoms with Gasteiger partial charge in [0.1, 0.15) is 17.8 Å². The van der Waals surface area contributed by atoms with Gasteiger partial charge in [-0.25, -0.2) is 4.98 Å². The van der Waals surface area contributed by atoms with Crippen molar-refractivity contribution in [3.8, 4) is 6.07 Å². The van der Waals surface area contributed by atoms with Gasteiger partial charge in [0.05, 0.1) is 0 Å². The van der Waals surface area contributed by atoms with Crippen molar-refractivity contribution in [3.63, 3.8) is 0 Å². The molecule has 5 heteroatoms. The molecule has 0 saturated carbocycles. The normalized spacial score (nSPS) is 11.5. The summed E-state index contributed by atoms with van der Waals surface area (Å²) in [6.07, 6.45) is 0. The number of hydrogen-bond donors (Lipinski definition) is 2. The molecule has 1 aromatic heterocycles. The average Bonchev–Trinajstić information content (AvgIpc) is 2.16. The number of nitriles is 1. The molecular formula is C10H11N3O2. The molecule has 2 N–H and O–H groups in total. The maximum atomic E-state index is 10.6. The zero-order valence-electron chi connectivity index (χ0n) is 8.48. The van der Waals surface area contributed by atoms with E-state index in [0.29, 0.717) is 11.4 Å². The van der Waals surface area contributed by atoms with Gasteiger partial charge in [0.15, 0.2) is 0 Å².